The van der Waals surface area contributed by atoms with E-state index in [1.807, 2.05) is 24.7 Å². The van der Waals surface area contributed by atoms with Gasteiger partial charge in [-0.15, -0.1) is 0 Å². The number of imidazole rings is 1. The van der Waals surface area contributed by atoms with Crippen molar-refractivity contribution in [3.05, 3.63) is 72.2 Å². The van der Waals surface area contributed by atoms with Crippen LogP contribution >= 0.6 is 0 Å². The van der Waals surface area contributed by atoms with Gasteiger partial charge in [0.15, 0.2) is 0 Å². The SMILES string of the molecule is O=C(Nc1ccc(F)cc1F)NC12CCC(C(=O)CC3c4ccccc4-c4cncn43)(CC1)CC2. The van der Waals surface area contributed by atoms with E-state index in [-0.39, 0.29) is 22.9 Å². The predicted molar refractivity (Wildman–Crippen MR) is 127 cm³/mol. The van der Waals surface area contributed by atoms with Gasteiger partial charge in [0.05, 0.1) is 29.9 Å². The molecule has 2 aromatic carbocycles. The molecular formula is C27H26F2N4O2. The fraction of sp³-hybridized carbons (Fsp3) is 0.370. The summed E-state index contributed by atoms with van der Waals surface area (Å²) >= 11 is 0. The molecule has 35 heavy (non-hydrogen) atoms. The summed E-state index contributed by atoms with van der Waals surface area (Å²) < 4.78 is 29.2. The second kappa shape index (κ2) is 8.00. The molecule has 4 aliphatic rings. The van der Waals surface area contributed by atoms with Crippen molar-refractivity contribution in [1.82, 2.24) is 14.9 Å². The molecule has 3 aromatic rings. The zero-order valence-corrected chi connectivity index (χ0v) is 19.2. The number of hydrogen-bond donors (Lipinski definition) is 2. The summed E-state index contributed by atoms with van der Waals surface area (Å²) in [4.78, 5) is 30.6. The number of nitrogens with one attached hydrogen (secondary N) is 2. The summed E-state index contributed by atoms with van der Waals surface area (Å²) in [7, 11) is 0. The monoisotopic (exact) mass is 476 g/mol. The maximum Gasteiger partial charge on any atom is 0.319 e. The van der Waals surface area contributed by atoms with Gasteiger partial charge in [0.2, 0.25) is 0 Å². The van der Waals surface area contributed by atoms with Crippen LogP contribution in [0.4, 0.5) is 19.3 Å². The lowest BCUT2D eigenvalue weighted by molar-refractivity contribution is -0.136. The number of fused-ring (bicyclic) bond motifs is 6. The minimum atomic E-state index is -0.816. The van der Waals surface area contributed by atoms with E-state index in [4.69, 9.17) is 0 Å². The van der Waals surface area contributed by atoms with Crippen LogP contribution in [0.2, 0.25) is 0 Å². The third-order valence-electron chi connectivity index (χ3n) is 8.37. The summed E-state index contributed by atoms with van der Waals surface area (Å²) in [6, 6.07) is 10.7. The number of Topliss-reactive ketones (excluding diaryl/α,β-unsaturated/α-hetero) is 1. The topological polar surface area (TPSA) is 76.0 Å². The van der Waals surface area contributed by atoms with Crippen LogP contribution in [0.3, 0.4) is 0 Å². The average molecular weight is 477 g/mol. The summed E-state index contributed by atoms with van der Waals surface area (Å²) in [5.41, 5.74) is 2.53. The quantitative estimate of drug-likeness (QED) is 0.503. The number of nitrogens with zero attached hydrogens (tertiary/aromatic N) is 2. The number of amides is 2. The van der Waals surface area contributed by atoms with Gasteiger partial charge in [-0.1, -0.05) is 24.3 Å². The normalized spacial score (nSPS) is 26.2. The molecule has 180 valence electrons. The van der Waals surface area contributed by atoms with Gasteiger partial charge in [0.25, 0.3) is 0 Å². The summed E-state index contributed by atoms with van der Waals surface area (Å²) in [6.07, 6.45) is 8.38. The lowest BCUT2D eigenvalue weighted by Gasteiger charge is -2.53. The highest BCUT2D eigenvalue weighted by Gasteiger charge is 2.53. The van der Waals surface area contributed by atoms with Crippen molar-refractivity contribution in [2.75, 3.05) is 5.32 Å². The van der Waals surface area contributed by atoms with Gasteiger partial charge in [-0.3, -0.25) is 4.79 Å². The van der Waals surface area contributed by atoms with Crippen LogP contribution in [0, 0.1) is 17.0 Å². The smallest absolute Gasteiger partial charge is 0.319 e. The maximum atomic E-state index is 13.9. The third-order valence-corrected chi connectivity index (χ3v) is 8.37. The maximum absolute atomic E-state index is 13.9. The standard InChI is InChI=1S/C27H26F2N4O2/c28-17-5-6-21(20(29)13-17)31-25(35)32-27-10-7-26(8-11-27,9-12-27)24(34)14-22-18-3-1-2-4-19(18)23-15-30-16-33(22)23/h1-6,13,15-16,22H,7-12,14H2,(H2,31,32,35). The van der Waals surface area contributed by atoms with Gasteiger partial charge in [-0.25, -0.2) is 18.6 Å². The van der Waals surface area contributed by atoms with E-state index in [0.29, 0.717) is 25.7 Å². The number of hydrogen-bond acceptors (Lipinski definition) is 3. The predicted octanol–water partition coefficient (Wildman–Crippen LogP) is 5.61. The minimum absolute atomic E-state index is 0.0336. The molecule has 3 aliphatic carbocycles. The average Bonchev–Trinajstić information content (AvgIpc) is 3.44. The van der Waals surface area contributed by atoms with Crippen molar-refractivity contribution in [2.45, 2.75) is 56.5 Å². The first kappa shape index (κ1) is 21.9. The van der Waals surface area contributed by atoms with E-state index in [9.17, 15) is 18.4 Å². The second-order valence-electron chi connectivity index (χ2n) is 10.2. The molecule has 2 heterocycles. The molecule has 1 unspecified atom stereocenters. The first-order chi connectivity index (χ1) is 16.9. The highest BCUT2D eigenvalue weighted by atomic mass is 19.1. The zero-order valence-electron chi connectivity index (χ0n) is 19.2. The Labute approximate surface area is 201 Å². The van der Waals surface area contributed by atoms with Gasteiger partial charge in [-0.05, 0) is 56.2 Å². The Morgan fingerprint density at radius 3 is 2.51 bits per heavy atom. The summed E-state index contributed by atoms with van der Waals surface area (Å²) in [5.74, 6) is -1.23. The zero-order chi connectivity index (χ0) is 24.2. The van der Waals surface area contributed by atoms with Crippen LogP contribution in [0.1, 0.15) is 56.6 Å². The molecule has 6 nitrogen and oxygen atoms in total. The van der Waals surface area contributed by atoms with Gasteiger partial charge < -0.3 is 15.2 Å². The highest BCUT2D eigenvalue weighted by molar-refractivity contribution is 5.90. The lowest BCUT2D eigenvalue weighted by atomic mass is 9.55. The van der Waals surface area contributed by atoms with Crippen LogP contribution in [0.25, 0.3) is 11.3 Å². The Hall–Kier alpha value is -3.55. The molecule has 2 N–H and O–H groups in total. The van der Waals surface area contributed by atoms with Crippen molar-refractivity contribution in [2.24, 2.45) is 5.41 Å². The van der Waals surface area contributed by atoms with Gasteiger partial charge in [-0.2, -0.15) is 0 Å². The van der Waals surface area contributed by atoms with E-state index in [1.54, 1.807) is 0 Å². The number of urea groups is 1. The highest BCUT2D eigenvalue weighted by Crippen LogP contribution is 2.54. The fourth-order valence-electron chi connectivity index (χ4n) is 6.31. The molecular weight excluding hydrogens is 450 g/mol. The first-order valence-electron chi connectivity index (χ1n) is 12.1. The van der Waals surface area contributed by atoms with E-state index >= 15 is 0 Å². The number of aromatic nitrogens is 2. The van der Waals surface area contributed by atoms with Crippen molar-refractivity contribution < 1.29 is 18.4 Å². The Balaban J connectivity index is 1.12. The van der Waals surface area contributed by atoms with E-state index in [2.05, 4.69) is 32.3 Å². The van der Waals surface area contributed by atoms with E-state index in [0.717, 1.165) is 42.7 Å². The second-order valence-corrected chi connectivity index (χ2v) is 10.2. The van der Waals surface area contributed by atoms with E-state index in [1.165, 1.54) is 11.6 Å². The van der Waals surface area contributed by atoms with Crippen LogP contribution in [0.5, 0.6) is 0 Å². The molecule has 0 saturated heterocycles. The number of carbonyl (C=O) groups is 2. The largest absolute Gasteiger partial charge is 0.332 e. The van der Waals surface area contributed by atoms with Crippen LogP contribution < -0.4 is 10.6 Å². The Kier molecular flexibility index (Phi) is 5.02. The number of carbonyl (C=O) groups excluding carboxylic acids is 2. The number of benzene rings is 2. The number of ketones is 1. The van der Waals surface area contributed by atoms with E-state index < -0.39 is 23.2 Å². The van der Waals surface area contributed by atoms with Crippen LogP contribution in [0.15, 0.2) is 55.0 Å². The molecule has 2 amide bonds. The number of halogens is 2. The fourth-order valence-corrected chi connectivity index (χ4v) is 6.31. The molecule has 3 saturated carbocycles. The van der Waals surface area contributed by atoms with Crippen LogP contribution in [-0.4, -0.2) is 26.9 Å². The number of anilines is 1. The molecule has 8 heteroatoms. The molecule has 1 atom stereocenters. The summed E-state index contributed by atoms with van der Waals surface area (Å²) in [5, 5.41) is 5.52. The lowest BCUT2D eigenvalue weighted by Crippen LogP contribution is -2.59. The van der Waals surface area contributed by atoms with Gasteiger partial charge in [0.1, 0.15) is 17.4 Å². The van der Waals surface area contributed by atoms with Gasteiger partial charge >= 0.3 is 6.03 Å². The molecule has 1 aromatic heterocycles. The van der Waals surface area contributed by atoms with Crippen molar-refractivity contribution in [1.29, 1.82) is 0 Å². The van der Waals surface area contributed by atoms with Crippen LogP contribution in [-0.2, 0) is 4.79 Å². The third kappa shape index (κ3) is 3.63. The van der Waals surface area contributed by atoms with Gasteiger partial charge in [0, 0.05) is 29.0 Å². The first-order valence-corrected chi connectivity index (χ1v) is 12.1. The summed E-state index contributed by atoms with van der Waals surface area (Å²) in [6.45, 7) is 0. The Bertz CT molecular complexity index is 1310. The molecule has 0 spiro atoms. The number of rotatable bonds is 5. The Morgan fingerprint density at radius 1 is 1.03 bits per heavy atom. The molecule has 2 bridgehead atoms. The minimum Gasteiger partial charge on any atom is -0.332 e. The molecule has 3 fully saturated rings. The van der Waals surface area contributed by atoms with Crippen molar-refractivity contribution >= 4 is 17.5 Å². The Morgan fingerprint density at radius 2 is 1.77 bits per heavy atom. The molecule has 1 aliphatic heterocycles. The molecule has 7 rings (SSSR count). The van der Waals surface area contributed by atoms with Crippen molar-refractivity contribution in [3.63, 3.8) is 0 Å². The molecule has 0 radical (unpaired) electrons. The van der Waals surface area contributed by atoms with Crippen molar-refractivity contribution in [3.8, 4) is 11.3 Å².